The Hall–Kier alpha value is -1.27. The molecule has 1 heterocycles. The predicted octanol–water partition coefficient (Wildman–Crippen LogP) is 3.94. The lowest BCUT2D eigenvalue weighted by Crippen LogP contribution is -1.99. The number of aromatic nitrogens is 1. The van der Waals surface area contributed by atoms with E-state index in [2.05, 4.69) is 42.2 Å². The SMILES string of the molecule is COc1cc(Nc2ncccc2N)c(Br)cc1Br. The lowest BCUT2D eigenvalue weighted by molar-refractivity contribution is 0.412. The van der Waals surface area contributed by atoms with E-state index < -0.39 is 0 Å². The number of rotatable bonds is 3. The van der Waals surface area contributed by atoms with Crippen molar-refractivity contribution in [1.82, 2.24) is 4.98 Å². The monoisotopic (exact) mass is 371 g/mol. The van der Waals surface area contributed by atoms with Gasteiger partial charge in [0.25, 0.3) is 0 Å². The van der Waals surface area contributed by atoms with Gasteiger partial charge in [0.15, 0.2) is 5.82 Å². The van der Waals surface area contributed by atoms with Gasteiger partial charge >= 0.3 is 0 Å². The number of methoxy groups -OCH3 is 1. The zero-order chi connectivity index (χ0) is 13.1. The number of hydrogen-bond donors (Lipinski definition) is 2. The van der Waals surface area contributed by atoms with Crippen molar-refractivity contribution >= 4 is 49.1 Å². The van der Waals surface area contributed by atoms with Gasteiger partial charge in [-0.15, -0.1) is 0 Å². The summed E-state index contributed by atoms with van der Waals surface area (Å²) in [4.78, 5) is 4.18. The summed E-state index contributed by atoms with van der Waals surface area (Å²) in [5, 5.41) is 3.16. The van der Waals surface area contributed by atoms with Gasteiger partial charge in [-0.2, -0.15) is 0 Å². The third kappa shape index (κ3) is 2.76. The molecular formula is C12H11Br2N3O. The van der Waals surface area contributed by atoms with Crippen LogP contribution in [-0.2, 0) is 0 Å². The normalized spacial score (nSPS) is 10.2. The summed E-state index contributed by atoms with van der Waals surface area (Å²) in [6.07, 6.45) is 1.68. The van der Waals surface area contributed by atoms with Crippen molar-refractivity contribution in [2.24, 2.45) is 0 Å². The molecule has 3 N–H and O–H groups in total. The second-order valence-corrected chi connectivity index (χ2v) is 5.24. The van der Waals surface area contributed by atoms with Crippen molar-refractivity contribution in [2.75, 3.05) is 18.2 Å². The van der Waals surface area contributed by atoms with Crippen LogP contribution in [0.4, 0.5) is 17.2 Å². The molecule has 0 saturated carbocycles. The van der Waals surface area contributed by atoms with Crippen LogP contribution in [0, 0.1) is 0 Å². The topological polar surface area (TPSA) is 60.2 Å². The lowest BCUT2D eigenvalue weighted by atomic mass is 10.3. The highest BCUT2D eigenvalue weighted by molar-refractivity contribution is 9.11. The number of nitrogen functional groups attached to an aromatic ring is 1. The van der Waals surface area contributed by atoms with Gasteiger partial charge in [0.05, 0.1) is 23.0 Å². The molecule has 0 fully saturated rings. The Morgan fingerprint density at radius 3 is 2.72 bits per heavy atom. The smallest absolute Gasteiger partial charge is 0.153 e. The van der Waals surface area contributed by atoms with E-state index in [1.165, 1.54) is 0 Å². The molecule has 0 bridgehead atoms. The van der Waals surface area contributed by atoms with Crippen molar-refractivity contribution < 1.29 is 4.74 Å². The Balaban J connectivity index is 2.38. The second-order valence-electron chi connectivity index (χ2n) is 3.53. The number of halogens is 2. The maximum absolute atomic E-state index is 5.84. The van der Waals surface area contributed by atoms with Crippen molar-refractivity contribution in [3.05, 3.63) is 39.4 Å². The van der Waals surface area contributed by atoms with Crippen LogP contribution < -0.4 is 15.8 Å². The van der Waals surface area contributed by atoms with Crippen LogP contribution in [0.5, 0.6) is 5.75 Å². The molecule has 2 rings (SSSR count). The number of nitrogens with two attached hydrogens (primary N) is 1. The maximum Gasteiger partial charge on any atom is 0.153 e. The number of ether oxygens (including phenoxy) is 1. The number of nitrogens with one attached hydrogen (secondary N) is 1. The number of benzene rings is 1. The molecule has 1 aromatic carbocycles. The largest absolute Gasteiger partial charge is 0.495 e. The fourth-order valence-electron chi connectivity index (χ4n) is 1.43. The lowest BCUT2D eigenvalue weighted by Gasteiger charge is -2.12. The van der Waals surface area contributed by atoms with E-state index in [1.807, 2.05) is 12.1 Å². The minimum absolute atomic E-state index is 0.589. The summed E-state index contributed by atoms with van der Waals surface area (Å²) in [5.41, 5.74) is 7.26. The molecule has 0 spiro atoms. The molecule has 2 aromatic rings. The van der Waals surface area contributed by atoms with Crippen molar-refractivity contribution in [1.29, 1.82) is 0 Å². The first kappa shape index (κ1) is 13.2. The van der Waals surface area contributed by atoms with Crippen LogP contribution in [0.25, 0.3) is 0 Å². The third-order valence-corrected chi connectivity index (χ3v) is 3.61. The highest BCUT2D eigenvalue weighted by Crippen LogP contribution is 2.36. The molecule has 0 radical (unpaired) electrons. The van der Waals surface area contributed by atoms with Crippen LogP contribution >= 0.6 is 31.9 Å². The summed E-state index contributed by atoms with van der Waals surface area (Å²) in [6, 6.07) is 7.35. The molecule has 1 aromatic heterocycles. The zero-order valence-electron chi connectivity index (χ0n) is 9.58. The van der Waals surface area contributed by atoms with Crippen LogP contribution in [0.1, 0.15) is 0 Å². The van der Waals surface area contributed by atoms with Crippen molar-refractivity contribution in [3.8, 4) is 5.75 Å². The van der Waals surface area contributed by atoms with E-state index in [4.69, 9.17) is 10.5 Å². The van der Waals surface area contributed by atoms with E-state index in [1.54, 1.807) is 25.4 Å². The highest BCUT2D eigenvalue weighted by Gasteiger charge is 2.09. The fraction of sp³-hybridized carbons (Fsp3) is 0.0833. The molecule has 0 amide bonds. The molecule has 0 atom stereocenters. The van der Waals surface area contributed by atoms with Crippen LogP contribution in [0.2, 0.25) is 0 Å². The molecule has 0 unspecified atom stereocenters. The van der Waals surface area contributed by atoms with Gasteiger partial charge in [0.1, 0.15) is 5.75 Å². The van der Waals surface area contributed by atoms with Gasteiger partial charge in [-0.05, 0) is 50.1 Å². The zero-order valence-corrected chi connectivity index (χ0v) is 12.7. The van der Waals surface area contributed by atoms with E-state index in [0.717, 1.165) is 20.4 Å². The van der Waals surface area contributed by atoms with Crippen LogP contribution in [0.3, 0.4) is 0 Å². The van der Waals surface area contributed by atoms with Gasteiger partial charge in [-0.3, -0.25) is 0 Å². The molecule has 0 aliphatic rings. The molecule has 0 aliphatic carbocycles. The Morgan fingerprint density at radius 1 is 1.28 bits per heavy atom. The maximum atomic E-state index is 5.84. The van der Waals surface area contributed by atoms with E-state index >= 15 is 0 Å². The summed E-state index contributed by atoms with van der Waals surface area (Å²) >= 11 is 6.89. The van der Waals surface area contributed by atoms with Crippen LogP contribution in [0.15, 0.2) is 39.4 Å². The first-order valence-electron chi connectivity index (χ1n) is 5.12. The molecule has 6 heteroatoms. The Morgan fingerprint density at radius 2 is 2.06 bits per heavy atom. The van der Waals surface area contributed by atoms with Gasteiger partial charge in [-0.25, -0.2) is 4.98 Å². The average Bonchev–Trinajstić information content (AvgIpc) is 2.35. The predicted molar refractivity (Wildman–Crippen MR) is 80.3 cm³/mol. The van der Waals surface area contributed by atoms with Crippen LogP contribution in [-0.4, -0.2) is 12.1 Å². The van der Waals surface area contributed by atoms with Gasteiger partial charge in [0.2, 0.25) is 0 Å². The molecule has 94 valence electrons. The Kier molecular flexibility index (Phi) is 4.08. The van der Waals surface area contributed by atoms with Gasteiger partial charge < -0.3 is 15.8 Å². The minimum Gasteiger partial charge on any atom is -0.495 e. The third-order valence-electron chi connectivity index (χ3n) is 2.33. The first-order valence-corrected chi connectivity index (χ1v) is 6.71. The molecule has 18 heavy (non-hydrogen) atoms. The number of anilines is 3. The summed E-state index contributed by atoms with van der Waals surface area (Å²) < 4.78 is 7.01. The van der Waals surface area contributed by atoms with E-state index in [0.29, 0.717) is 11.5 Å². The average molecular weight is 373 g/mol. The van der Waals surface area contributed by atoms with Crippen molar-refractivity contribution in [3.63, 3.8) is 0 Å². The number of nitrogens with zero attached hydrogens (tertiary/aromatic N) is 1. The molecule has 4 nitrogen and oxygen atoms in total. The van der Waals surface area contributed by atoms with E-state index in [-0.39, 0.29) is 0 Å². The quantitative estimate of drug-likeness (QED) is 0.856. The highest BCUT2D eigenvalue weighted by atomic mass is 79.9. The Bertz CT molecular complexity index is 575. The second kappa shape index (κ2) is 5.58. The summed E-state index contributed by atoms with van der Waals surface area (Å²) in [7, 11) is 1.62. The van der Waals surface area contributed by atoms with E-state index in [9.17, 15) is 0 Å². The molecule has 0 aliphatic heterocycles. The minimum atomic E-state index is 0.589. The summed E-state index contributed by atoms with van der Waals surface area (Å²) in [5.74, 6) is 1.35. The summed E-state index contributed by atoms with van der Waals surface area (Å²) in [6.45, 7) is 0. The van der Waals surface area contributed by atoms with Gasteiger partial charge in [0, 0.05) is 16.7 Å². The molecule has 0 saturated heterocycles. The molecular weight excluding hydrogens is 362 g/mol. The standard InChI is InChI=1S/C12H11Br2N3O/c1-18-11-6-10(7(13)5-8(11)14)17-12-9(15)3-2-4-16-12/h2-6H,15H2,1H3,(H,16,17). The van der Waals surface area contributed by atoms with Gasteiger partial charge in [-0.1, -0.05) is 0 Å². The number of pyridine rings is 1. The van der Waals surface area contributed by atoms with Crippen molar-refractivity contribution in [2.45, 2.75) is 0 Å². The Labute approximate surface area is 122 Å². The first-order chi connectivity index (χ1) is 8.61. The number of hydrogen-bond acceptors (Lipinski definition) is 4. The fourth-order valence-corrected chi connectivity index (χ4v) is 2.69.